The second-order valence-corrected chi connectivity index (χ2v) is 5.25. The lowest BCUT2D eigenvalue weighted by Crippen LogP contribution is -2.46. The Morgan fingerprint density at radius 3 is 2.94 bits per heavy atom. The number of hydrogen-bond acceptors (Lipinski definition) is 5. The summed E-state index contributed by atoms with van der Waals surface area (Å²) in [6.45, 7) is 3.23. The number of piperidine rings is 1. The monoisotopic (exact) mass is 286 g/mol. The molecule has 1 saturated heterocycles. The lowest BCUT2D eigenvalue weighted by molar-refractivity contribution is 0.0444. The van der Waals surface area contributed by atoms with Gasteiger partial charge in [0.15, 0.2) is 0 Å². The van der Waals surface area contributed by atoms with E-state index in [0.717, 1.165) is 19.4 Å². The van der Waals surface area contributed by atoms with Crippen molar-refractivity contribution in [1.82, 2.24) is 9.97 Å². The van der Waals surface area contributed by atoms with Gasteiger partial charge in [0.1, 0.15) is 10.4 Å². The molecule has 1 aliphatic heterocycles. The predicted octanol–water partition coefficient (Wildman–Crippen LogP) is 1.17. The van der Waals surface area contributed by atoms with E-state index >= 15 is 0 Å². The van der Waals surface area contributed by atoms with Crippen LogP contribution in [0.4, 0.5) is 11.8 Å². The fraction of sp³-hybridized carbons (Fsp3) is 0.600. The Bertz CT molecular complexity index is 376. The number of anilines is 2. The van der Waals surface area contributed by atoms with Crippen molar-refractivity contribution in [3.05, 3.63) is 10.7 Å². The van der Waals surface area contributed by atoms with Crippen molar-refractivity contribution in [1.29, 1.82) is 0 Å². The van der Waals surface area contributed by atoms with Crippen LogP contribution in [0.1, 0.15) is 19.8 Å². The number of nitrogens with zero attached hydrogens (tertiary/aromatic N) is 3. The number of rotatable bonds is 1. The van der Waals surface area contributed by atoms with Gasteiger partial charge in [-0.2, -0.15) is 4.98 Å². The Hall–Kier alpha value is -0.880. The van der Waals surface area contributed by atoms with Crippen LogP contribution in [0, 0.1) is 0 Å². The summed E-state index contributed by atoms with van der Waals surface area (Å²) < 4.78 is 0.667. The molecule has 3 N–H and O–H groups in total. The molecule has 2 rings (SSSR count). The average molecular weight is 287 g/mol. The molecule has 0 bridgehead atoms. The van der Waals surface area contributed by atoms with E-state index in [9.17, 15) is 5.11 Å². The summed E-state index contributed by atoms with van der Waals surface area (Å²) in [7, 11) is 0. The van der Waals surface area contributed by atoms with Gasteiger partial charge in [0, 0.05) is 19.2 Å². The van der Waals surface area contributed by atoms with E-state index in [-0.39, 0.29) is 0 Å². The zero-order valence-electron chi connectivity index (χ0n) is 9.15. The summed E-state index contributed by atoms with van der Waals surface area (Å²) in [6, 6.07) is 1.66. The lowest BCUT2D eigenvalue weighted by atomic mass is 9.95. The molecule has 5 nitrogen and oxygen atoms in total. The van der Waals surface area contributed by atoms with Crippen molar-refractivity contribution >= 4 is 27.7 Å². The molecule has 1 fully saturated rings. The molecule has 88 valence electrons. The highest BCUT2D eigenvalue weighted by Crippen LogP contribution is 2.24. The van der Waals surface area contributed by atoms with Gasteiger partial charge in [-0.25, -0.2) is 4.98 Å². The van der Waals surface area contributed by atoms with Gasteiger partial charge in [-0.3, -0.25) is 0 Å². The Balaban J connectivity index is 2.23. The van der Waals surface area contributed by atoms with Crippen molar-refractivity contribution in [2.75, 3.05) is 23.7 Å². The van der Waals surface area contributed by atoms with Crippen LogP contribution in [-0.2, 0) is 0 Å². The minimum absolute atomic E-state index is 0.432. The summed E-state index contributed by atoms with van der Waals surface area (Å²) >= 11 is 3.29. The quantitative estimate of drug-likeness (QED) is 0.758. The van der Waals surface area contributed by atoms with Crippen LogP contribution in [-0.4, -0.2) is 33.8 Å². The minimum Gasteiger partial charge on any atom is -0.388 e. The molecule has 1 aromatic heterocycles. The van der Waals surface area contributed by atoms with E-state index < -0.39 is 5.60 Å². The SMILES string of the molecule is CC1(O)CCCN(c2nc(N)cc(Br)n2)C1. The number of aliphatic hydroxyl groups is 1. The molecule has 1 aliphatic rings. The standard InChI is InChI=1S/C10H15BrN4O/c1-10(16)3-2-4-15(6-10)9-13-7(11)5-8(12)14-9/h5,16H,2-4,6H2,1H3,(H2,12,13,14). The van der Waals surface area contributed by atoms with Crippen LogP contribution in [0.5, 0.6) is 0 Å². The molecule has 0 aliphatic carbocycles. The van der Waals surface area contributed by atoms with Crippen LogP contribution in [0.15, 0.2) is 10.7 Å². The van der Waals surface area contributed by atoms with Gasteiger partial charge in [-0.05, 0) is 35.7 Å². The van der Waals surface area contributed by atoms with Gasteiger partial charge in [-0.1, -0.05) is 0 Å². The Morgan fingerprint density at radius 1 is 1.56 bits per heavy atom. The average Bonchev–Trinajstić information content (AvgIpc) is 2.14. The van der Waals surface area contributed by atoms with Crippen molar-refractivity contribution in [3.8, 4) is 0 Å². The fourth-order valence-electron chi connectivity index (χ4n) is 1.95. The lowest BCUT2D eigenvalue weighted by Gasteiger charge is -2.36. The molecular weight excluding hydrogens is 272 g/mol. The first-order chi connectivity index (χ1) is 7.46. The van der Waals surface area contributed by atoms with Crippen LogP contribution in [0.3, 0.4) is 0 Å². The van der Waals surface area contributed by atoms with E-state index in [2.05, 4.69) is 25.9 Å². The first-order valence-electron chi connectivity index (χ1n) is 5.24. The summed E-state index contributed by atoms with van der Waals surface area (Å²) in [4.78, 5) is 10.4. The van der Waals surface area contributed by atoms with E-state index in [1.54, 1.807) is 6.07 Å². The van der Waals surface area contributed by atoms with Crippen LogP contribution in [0.25, 0.3) is 0 Å². The molecule has 16 heavy (non-hydrogen) atoms. The highest BCUT2D eigenvalue weighted by molar-refractivity contribution is 9.10. The first-order valence-corrected chi connectivity index (χ1v) is 6.03. The summed E-state index contributed by atoms with van der Waals surface area (Å²) in [5, 5.41) is 10.0. The van der Waals surface area contributed by atoms with Crippen LogP contribution in [0.2, 0.25) is 0 Å². The predicted molar refractivity (Wildman–Crippen MR) is 66.2 cm³/mol. The maximum Gasteiger partial charge on any atom is 0.228 e. The first kappa shape index (κ1) is 11.6. The molecule has 1 unspecified atom stereocenters. The molecule has 0 radical (unpaired) electrons. The van der Waals surface area contributed by atoms with E-state index in [0.29, 0.717) is 22.9 Å². The highest BCUT2D eigenvalue weighted by atomic mass is 79.9. The van der Waals surface area contributed by atoms with Crippen molar-refractivity contribution in [3.63, 3.8) is 0 Å². The van der Waals surface area contributed by atoms with Crippen molar-refractivity contribution < 1.29 is 5.11 Å². The number of aromatic nitrogens is 2. The van der Waals surface area contributed by atoms with Crippen LogP contribution < -0.4 is 10.6 Å². The number of halogens is 1. The van der Waals surface area contributed by atoms with Crippen LogP contribution >= 0.6 is 15.9 Å². The molecule has 0 spiro atoms. The third kappa shape index (κ3) is 2.62. The summed E-state index contributed by atoms with van der Waals surface area (Å²) in [5.74, 6) is 1.01. The van der Waals surface area contributed by atoms with Crippen molar-refractivity contribution in [2.45, 2.75) is 25.4 Å². The third-order valence-corrected chi connectivity index (χ3v) is 3.07. The van der Waals surface area contributed by atoms with E-state index in [1.807, 2.05) is 11.8 Å². The third-order valence-electron chi connectivity index (χ3n) is 2.66. The molecule has 1 aromatic rings. The molecule has 0 saturated carbocycles. The molecular formula is C10H15BrN4O. The minimum atomic E-state index is -0.668. The fourth-order valence-corrected chi connectivity index (χ4v) is 2.35. The second kappa shape index (κ2) is 4.18. The normalized spacial score (nSPS) is 25.8. The maximum absolute atomic E-state index is 10.0. The van der Waals surface area contributed by atoms with Crippen molar-refractivity contribution in [2.24, 2.45) is 0 Å². The summed E-state index contributed by atoms with van der Waals surface area (Å²) in [6.07, 6.45) is 1.75. The Labute approximate surface area is 103 Å². The maximum atomic E-state index is 10.0. The van der Waals surface area contributed by atoms with Gasteiger partial charge in [0.25, 0.3) is 0 Å². The van der Waals surface area contributed by atoms with E-state index in [4.69, 9.17) is 5.73 Å². The zero-order valence-corrected chi connectivity index (χ0v) is 10.7. The van der Waals surface area contributed by atoms with Gasteiger partial charge >= 0.3 is 0 Å². The summed E-state index contributed by atoms with van der Waals surface area (Å²) in [5.41, 5.74) is 5.00. The Morgan fingerprint density at radius 2 is 2.31 bits per heavy atom. The van der Waals surface area contributed by atoms with Gasteiger partial charge < -0.3 is 15.7 Å². The topological polar surface area (TPSA) is 75.3 Å². The number of β-amino-alcohol motifs (C(OH)–C–C–N with tert-alkyl or cyclic N) is 1. The van der Waals surface area contributed by atoms with Gasteiger partial charge in [0.2, 0.25) is 5.95 Å². The molecule has 0 amide bonds. The van der Waals surface area contributed by atoms with E-state index in [1.165, 1.54) is 0 Å². The largest absolute Gasteiger partial charge is 0.388 e. The zero-order chi connectivity index (χ0) is 11.8. The number of hydrogen-bond donors (Lipinski definition) is 2. The number of nitrogen functional groups attached to an aromatic ring is 1. The van der Waals surface area contributed by atoms with Gasteiger partial charge in [0.05, 0.1) is 5.60 Å². The smallest absolute Gasteiger partial charge is 0.228 e. The van der Waals surface area contributed by atoms with Gasteiger partial charge in [-0.15, -0.1) is 0 Å². The molecule has 6 heteroatoms. The highest BCUT2D eigenvalue weighted by Gasteiger charge is 2.29. The Kier molecular flexibility index (Phi) is 3.03. The molecule has 0 aromatic carbocycles. The number of nitrogens with two attached hydrogens (primary N) is 1. The molecule has 2 heterocycles. The molecule has 1 atom stereocenters. The second-order valence-electron chi connectivity index (χ2n) is 4.44.